The molecule has 1 N–H and O–H groups in total. The first kappa shape index (κ1) is 17.1. The fourth-order valence-electron chi connectivity index (χ4n) is 4.16. The minimum atomic E-state index is -0.856. The van der Waals surface area contributed by atoms with Crippen molar-refractivity contribution < 1.29 is 14.3 Å². The first-order valence-electron chi connectivity index (χ1n) is 9.38. The molecule has 2 aromatic rings. The van der Waals surface area contributed by atoms with Crippen LogP contribution in [0.25, 0.3) is 0 Å². The molecule has 2 aliphatic rings. The van der Waals surface area contributed by atoms with Crippen molar-refractivity contribution in [1.29, 1.82) is 0 Å². The topological polar surface area (TPSA) is 47.6 Å². The number of ether oxygens (including phenoxy) is 2. The summed E-state index contributed by atoms with van der Waals surface area (Å²) < 4.78 is 12.0. The monoisotopic (exact) mass is 351 g/mol. The predicted octanol–water partition coefficient (Wildman–Crippen LogP) is 4.17. The molecule has 0 saturated heterocycles. The fourth-order valence-corrected chi connectivity index (χ4v) is 4.16. The zero-order valence-corrected chi connectivity index (χ0v) is 15.3. The second-order valence-corrected chi connectivity index (χ2v) is 7.39. The Kier molecular flexibility index (Phi) is 4.45. The van der Waals surface area contributed by atoms with E-state index in [-0.39, 0.29) is 12.1 Å². The van der Waals surface area contributed by atoms with Crippen molar-refractivity contribution in [3.63, 3.8) is 0 Å². The van der Waals surface area contributed by atoms with Gasteiger partial charge in [-0.1, -0.05) is 36.4 Å². The molecule has 0 radical (unpaired) electrons. The van der Waals surface area contributed by atoms with Crippen LogP contribution in [0.15, 0.2) is 48.5 Å². The lowest BCUT2D eigenvalue weighted by Crippen LogP contribution is -2.41. The maximum atomic E-state index is 13.4. The second-order valence-electron chi connectivity index (χ2n) is 7.39. The van der Waals surface area contributed by atoms with E-state index in [1.807, 2.05) is 62.5 Å². The van der Waals surface area contributed by atoms with Gasteiger partial charge in [0.2, 0.25) is 0 Å². The summed E-state index contributed by atoms with van der Waals surface area (Å²) >= 11 is 0. The van der Waals surface area contributed by atoms with Gasteiger partial charge in [-0.15, -0.1) is 0 Å². The number of nitrogens with one attached hydrogen (secondary N) is 1. The van der Waals surface area contributed by atoms with Crippen LogP contribution < -0.4 is 10.1 Å². The molecule has 4 nitrogen and oxygen atoms in total. The van der Waals surface area contributed by atoms with Crippen LogP contribution in [-0.2, 0) is 14.9 Å². The number of hydrogen-bond acceptors (Lipinski definition) is 4. The summed E-state index contributed by atoms with van der Waals surface area (Å²) in [5.41, 5.74) is 0.880. The maximum Gasteiger partial charge on any atom is 0.321 e. The summed E-state index contributed by atoms with van der Waals surface area (Å²) in [4.78, 5) is 13.4. The van der Waals surface area contributed by atoms with Gasteiger partial charge in [0.25, 0.3) is 0 Å². The van der Waals surface area contributed by atoms with Gasteiger partial charge in [-0.2, -0.15) is 0 Å². The molecule has 0 spiro atoms. The van der Waals surface area contributed by atoms with Gasteiger partial charge in [0.1, 0.15) is 23.0 Å². The smallest absolute Gasteiger partial charge is 0.321 e. The molecule has 4 heteroatoms. The van der Waals surface area contributed by atoms with Gasteiger partial charge in [0.05, 0.1) is 0 Å². The molecule has 136 valence electrons. The molecular weight excluding hydrogens is 326 g/mol. The number of fused-ring (bicyclic) bond motifs is 2. The summed E-state index contributed by atoms with van der Waals surface area (Å²) in [6, 6.07) is 16.0. The molecule has 0 amide bonds. The van der Waals surface area contributed by atoms with Crippen LogP contribution in [0.5, 0.6) is 11.5 Å². The van der Waals surface area contributed by atoms with E-state index >= 15 is 0 Å². The number of carbonyl (C=O) groups is 1. The van der Waals surface area contributed by atoms with E-state index in [0.29, 0.717) is 6.04 Å². The summed E-state index contributed by atoms with van der Waals surface area (Å²) in [6.07, 6.45) is 3.90. The van der Waals surface area contributed by atoms with Crippen LogP contribution in [0.4, 0.5) is 0 Å². The number of esters is 1. The van der Waals surface area contributed by atoms with Crippen LogP contribution in [0, 0.1) is 0 Å². The van der Waals surface area contributed by atoms with E-state index in [9.17, 15) is 4.79 Å². The standard InChI is InChI=1S/C22H25NO3/c1-22(21(24)25-16-13-11-15(23-2)12-14-16)17-7-3-5-9-19(17)26-20-10-6-4-8-18(20)22/h3-10,15-16,23H,11-14H2,1-2H3. The molecule has 1 aliphatic carbocycles. The van der Waals surface area contributed by atoms with E-state index in [0.717, 1.165) is 48.3 Å². The molecule has 1 heterocycles. The van der Waals surface area contributed by atoms with Crippen molar-refractivity contribution in [2.75, 3.05) is 7.05 Å². The highest BCUT2D eigenvalue weighted by Crippen LogP contribution is 2.48. The Hall–Kier alpha value is -2.33. The van der Waals surface area contributed by atoms with Gasteiger partial charge in [-0.05, 0) is 51.8 Å². The van der Waals surface area contributed by atoms with Gasteiger partial charge in [0.15, 0.2) is 0 Å². The summed E-state index contributed by atoms with van der Waals surface area (Å²) in [5, 5.41) is 3.32. The Balaban J connectivity index is 1.65. The Morgan fingerprint density at radius 3 is 2.08 bits per heavy atom. The van der Waals surface area contributed by atoms with Crippen LogP contribution in [-0.4, -0.2) is 25.2 Å². The van der Waals surface area contributed by atoms with Gasteiger partial charge < -0.3 is 14.8 Å². The number of para-hydroxylation sites is 2. The van der Waals surface area contributed by atoms with E-state index in [2.05, 4.69) is 5.32 Å². The largest absolute Gasteiger partial charge is 0.461 e. The van der Waals surface area contributed by atoms with Gasteiger partial charge in [0, 0.05) is 17.2 Å². The maximum absolute atomic E-state index is 13.4. The quantitative estimate of drug-likeness (QED) is 0.843. The van der Waals surface area contributed by atoms with Crippen molar-refractivity contribution in [1.82, 2.24) is 5.32 Å². The molecule has 26 heavy (non-hydrogen) atoms. The molecule has 0 unspecified atom stereocenters. The van der Waals surface area contributed by atoms with Gasteiger partial charge >= 0.3 is 5.97 Å². The lowest BCUT2D eigenvalue weighted by Gasteiger charge is -2.37. The number of benzene rings is 2. The number of hydrogen-bond donors (Lipinski definition) is 1. The first-order valence-corrected chi connectivity index (χ1v) is 9.38. The average Bonchev–Trinajstić information content (AvgIpc) is 2.69. The zero-order chi connectivity index (χ0) is 18.1. The molecule has 1 fully saturated rings. The fraction of sp³-hybridized carbons (Fsp3) is 0.409. The lowest BCUT2D eigenvalue weighted by molar-refractivity contribution is -0.155. The van der Waals surface area contributed by atoms with Crippen LogP contribution in [0.2, 0.25) is 0 Å². The van der Waals surface area contributed by atoms with Gasteiger partial charge in [-0.3, -0.25) is 4.79 Å². The molecular formula is C22H25NO3. The minimum absolute atomic E-state index is 0.00825. The Morgan fingerprint density at radius 1 is 1.00 bits per heavy atom. The first-order chi connectivity index (χ1) is 12.6. The third-order valence-corrected chi connectivity index (χ3v) is 5.84. The SMILES string of the molecule is CNC1CCC(OC(=O)C2(C)c3ccccc3Oc3ccccc32)CC1. The van der Waals surface area contributed by atoms with Crippen LogP contribution >= 0.6 is 0 Å². The highest BCUT2D eigenvalue weighted by Gasteiger charge is 2.46. The molecule has 0 atom stereocenters. The molecule has 0 bridgehead atoms. The molecule has 1 saturated carbocycles. The highest BCUT2D eigenvalue weighted by molar-refractivity contribution is 5.90. The lowest BCUT2D eigenvalue weighted by atomic mass is 9.74. The van der Waals surface area contributed by atoms with Crippen molar-refractivity contribution in [3.8, 4) is 11.5 Å². The van der Waals surface area contributed by atoms with Crippen molar-refractivity contribution in [2.24, 2.45) is 0 Å². The second kappa shape index (κ2) is 6.76. The zero-order valence-electron chi connectivity index (χ0n) is 15.3. The average molecular weight is 351 g/mol. The third-order valence-electron chi connectivity index (χ3n) is 5.84. The van der Waals surface area contributed by atoms with E-state index in [4.69, 9.17) is 9.47 Å². The van der Waals surface area contributed by atoms with E-state index < -0.39 is 5.41 Å². The number of carbonyl (C=O) groups excluding carboxylic acids is 1. The Bertz CT molecular complexity index is 763. The normalized spacial score (nSPS) is 23.3. The predicted molar refractivity (Wildman–Crippen MR) is 101 cm³/mol. The molecule has 1 aliphatic heterocycles. The Labute approximate surface area is 154 Å². The molecule has 0 aromatic heterocycles. The minimum Gasteiger partial charge on any atom is -0.461 e. The van der Waals surface area contributed by atoms with E-state index in [1.54, 1.807) is 0 Å². The van der Waals surface area contributed by atoms with Gasteiger partial charge in [-0.25, -0.2) is 0 Å². The van der Waals surface area contributed by atoms with Crippen molar-refractivity contribution >= 4 is 5.97 Å². The third kappa shape index (κ3) is 2.78. The summed E-state index contributed by atoms with van der Waals surface area (Å²) in [5.74, 6) is 1.27. The van der Waals surface area contributed by atoms with Crippen molar-refractivity contribution in [2.45, 2.75) is 50.2 Å². The van der Waals surface area contributed by atoms with Crippen molar-refractivity contribution in [3.05, 3.63) is 59.7 Å². The summed E-state index contributed by atoms with van der Waals surface area (Å²) in [6.45, 7) is 1.95. The van der Waals surface area contributed by atoms with Crippen LogP contribution in [0.3, 0.4) is 0 Å². The Morgan fingerprint density at radius 2 is 1.54 bits per heavy atom. The van der Waals surface area contributed by atoms with Crippen LogP contribution in [0.1, 0.15) is 43.7 Å². The highest BCUT2D eigenvalue weighted by atomic mass is 16.5. The molecule has 2 aromatic carbocycles. The number of rotatable bonds is 3. The van der Waals surface area contributed by atoms with E-state index in [1.165, 1.54) is 0 Å². The molecule has 4 rings (SSSR count). The summed E-state index contributed by atoms with van der Waals surface area (Å²) in [7, 11) is 1.99.